The lowest BCUT2D eigenvalue weighted by atomic mass is 10.1. The van der Waals surface area contributed by atoms with Gasteiger partial charge < -0.3 is 10.1 Å². The maximum atomic E-state index is 11.7. The molecule has 0 aliphatic carbocycles. The third-order valence-corrected chi connectivity index (χ3v) is 3.23. The van der Waals surface area contributed by atoms with Gasteiger partial charge in [-0.05, 0) is 51.3 Å². The number of hydrogen-bond acceptors (Lipinski definition) is 3. The molecular formula is C17H28N2O2. The highest BCUT2D eigenvalue weighted by Gasteiger charge is 2.16. The Kier molecular flexibility index (Phi) is 6.21. The molecule has 0 aliphatic heterocycles. The SMILES string of the molecule is CC(C)C(C)NCc1ccc(NC(=O)OC(C)(C)C)cc1. The van der Waals surface area contributed by atoms with E-state index in [1.165, 1.54) is 5.56 Å². The summed E-state index contributed by atoms with van der Waals surface area (Å²) in [5.74, 6) is 0.609. The van der Waals surface area contributed by atoms with Gasteiger partial charge >= 0.3 is 6.09 Å². The fourth-order valence-electron chi connectivity index (χ4n) is 1.64. The highest BCUT2D eigenvalue weighted by Crippen LogP contribution is 2.13. The highest BCUT2D eigenvalue weighted by molar-refractivity contribution is 5.84. The zero-order valence-electron chi connectivity index (χ0n) is 14.0. The topological polar surface area (TPSA) is 50.4 Å². The molecule has 1 aromatic carbocycles. The number of benzene rings is 1. The summed E-state index contributed by atoms with van der Waals surface area (Å²) in [6.07, 6.45) is -0.429. The van der Waals surface area contributed by atoms with Crippen molar-refractivity contribution in [3.63, 3.8) is 0 Å². The minimum atomic E-state index is -0.485. The van der Waals surface area contributed by atoms with Crippen molar-refractivity contribution in [2.24, 2.45) is 5.92 Å². The van der Waals surface area contributed by atoms with E-state index in [-0.39, 0.29) is 0 Å². The number of ether oxygens (including phenoxy) is 1. The van der Waals surface area contributed by atoms with Crippen LogP contribution < -0.4 is 10.6 Å². The molecule has 2 N–H and O–H groups in total. The summed E-state index contributed by atoms with van der Waals surface area (Å²) in [5, 5.41) is 6.20. The van der Waals surface area contributed by atoms with E-state index in [0.717, 1.165) is 12.2 Å². The average Bonchev–Trinajstić information content (AvgIpc) is 2.35. The fourth-order valence-corrected chi connectivity index (χ4v) is 1.64. The van der Waals surface area contributed by atoms with Crippen LogP contribution in [0.25, 0.3) is 0 Å². The molecule has 4 heteroatoms. The van der Waals surface area contributed by atoms with E-state index in [9.17, 15) is 4.79 Å². The molecule has 4 nitrogen and oxygen atoms in total. The first kappa shape index (κ1) is 17.5. The molecule has 0 radical (unpaired) electrons. The predicted molar refractivity (Wildman–Crippen MR) is 87.4 cm³/mol. The second kappa shape index (κ2) is 7.46. The van der Waals surface area contributed by atoms with Gasteiger partial charge in [-0.15, -0.1) is 0 Å². The first-order valence-corrected chi connectivity index (χ1v) is 7.49. The zero-order chi connectivity index (χ0) is 16.0. The van der Waals surface area contributed by atoms with Gasteiger partial charge in [0.25, 0.3) is 0 Å². The molecule has 1 aromatic rings. The maximum absolute atomic E-state index is 11.7. The Hall–Kier alpha value is -1.55. The number of anilines is 1. The van der Waals surface area contributed by atoms with Gasteiger partial charge in [-0.1, -0.05) is 26.0 Å². The quantitative estimate of drug-likeness (QED) is 0.856. The number of hydrogen-bond donors (Lipinski definition) is 2. The van der Waals surface area contributed by atoms with Crippen LogP contribution in [0.3, 0.4) is 0 Å². The van der Waals surface area contributed by atoms with E-state index in [1.807, 2.05) is 45.0 Å². The summed E-state index contributed by atoms with van der Waals surface area (Å²) in [6.45, 7) is 12.9. The minimum Gasteiger partial charge on any atom is -0.444 e. The van der Waals surface area contributed by atoms with Crippen LogP contribution in [0.2, 0.25) is 0 Å². The number of carbonyl (C=O) groups excluding carboxylic acids is 1. The molecular weight excluding hydrogens is 264 g/mol. The van der Waals surface area contributed by atoms with Crippen LogP contribution in [0.4, 0.5) is 10.5 Å². The van der Waals surface area contributed by atoms with Crippen molar-refractivity contribution >= 4 is 11.8 Å². The number of nitrogens with one attached hydrogen (secondary N) is 2. The highest BCUT2D eigenvalue weighted by atomic mass is 16.6. The van der Waals surface area contributed by atoms with Crippen LogP contribution in [0.1, 0.15) is 47.1 Å². The summed E-state index contributed by atoms with van der Waals surface area (Å²) in [5.41, 5.74) is 1.45. The van der Waals surface area contributed by atoms with Crippen molar-refractivity contribution in [2.45, 2.75) is 59.7 Å². The standard InChI is InChI=1S/C17H28N2O2/c1-12(2)13(3)18-11-14-7-9-15(10-8-14)19-16(20)21-17(4,5)6/h7-10,12-13,18H,11H2,1-6H3,(H,19,20). The Morgan fingerprint density at radius 1 is 1.14 bits per heavy atom. The number of rotatable bonds is 5. The lowest BCUT2D eigenvalue weighted by Crippen LogP contribution is -2.30. The molecule has 0 bridgehead atoms. The number of carbonyl (C=O) groups is 1. The number of amides is 1. The van der Waals surface area contributed by atoms with E-state index in [2.05, 4.69) is 31.4 Å². The van der Waals surface area contributed by atoms with Crippen molar-refractivity contribution in [3.05, 3.63) is 29.8 Å². The summed E-state index contributed by atoms with van der Waals surface area (Å²) in [6, 6.07) is 8.27. The monoisotopic (exact) mass is 292 g/mol. The normalized spacial score (nSPS) is 13.1. The Bertz CT molecular complexity index is 447. The lowest BCUT2D eigenvalue weighted by Gasteiger charge is -2.20. The molecule has 1 rings (SSSR count). The van der Waals surface area contributed by atoms with E-state index >= 15 is 0 Å². The van der Waals surface area contributed by atoms with Crippen LogP contribution in [0, 0.1) is 5.92 Å². The van der Waals surface area contributed by atoms with Crippen LogP contribution in [0.15, 0.2) is 24.3 Å². The molecule has 21 heavy (non-hydrogen) atoms. The lowest BCUT2D eigenvalue weighted by molar-refractivity contribution is 0.0636. The molecule has 0 spiro atoms. The van der Waals surface area contributed by atoms with Crippen LogP contribution in [0.5, 0.6) is 0 Å². The molecule has 118 valence electrons. The Morgan fingerprint density at radius 2 is 1.71 bits per heavy atom. The molecule has 0 aromatic heterocycles. The van der Waals surface area contributed by atoms with E-state index in [0.29, 0.717) is 12.0 Å². The molecule has 0 heterocycles. The van der Waals surface area contributed by atoms with Crippen molar-refractivity contribution in [1.29, 1.82) is 0 Å². The van der Waals surface area contributed by atoms with E-state index < -0.39 is 11.7 Å². The van der Waals surface area contributed by atoms with Crippen molar-refractivity contribution in [3.8, 4) is 0 Å². The van der Waals surface area contributed by atoms with Crippen LogP contribution in [-0.4, -0.2) is 17.7 Å². The Labute approximate surface area is 128 Å². The molecule has 0 fully saturated rings. The largest absolute Gasteiger partial charge is 0.444 e. The smallest absolute Gasteiger partial charge is 0.412 e. The van der Waals surface area contributed by atoms with E-state index in [4.69, 9.17) is 4.74 Å². The maximum Gasteiger partial charge on any atom is 0.412 e. The first-order chi connectivity index (χ1) is 9.67. The molecule has 0 saturated carbocycles. The predicted octanol–water partition coefficient (Wildman–Crippen LogP) is 4.17. The van der Waals surface area contributed by atoms with Crippen LogP contribution in [-0.2, 0) is 11.3 Å². The third kappa shape index (κ3) is 7.14. The van der Waals surface area contributed by atoms with Gasteiger partial charge in [-0.3, -0.25) is 5.32 Å². The van der Waals surface area contributed by atoms with Gasteiger partial charge in [0.05, 0.1) is 0 Å². The minimum absolute atomic E-state index is 0.429. The average molecular weight is 292 g/mol. The van der Waals surface area contributed by atoms with Gasteiger partial charge in [0.15, 0.2) is 0 Å². The molecule has 0 aliphatic rings. The molecule has 1 amide bonds. The Balaban J connectivity index is 2.49. The van der Waals surface area contributed by atoms with E-state index in [1.54, 1.807) is 0 Å². The Morgan fingerprint density at radius 3 is 2.19 bits per heavy atom. The summed E-state index contributed by atoms with van der Waals surface area (Å²) in [4.78, 5) is 11.7. The summed E-state index contributed by atoms with van der Waals surface area (Å²) >= 11 is 0. The zero-order valence-corrected chi connectivity index (χ0v) is 14.0. The van der Waals surface area contributed by atoms with Crippen molar-refractivity contribution in [2.75, 3.05) is 5.32 Å². The van der Waals surface area contributed by atoms with Gasteiger partial charge in [-0.25, -0.2) is 4.79 Å². The molecule has 1 unspecified atom stereocenters. The third-order valence-electron chi connectivity index (χ3n) is 3.23. The fraction of sp³-hybridized carbons (Fsp3) is 0.588. The van der Waals surface area contributed by atoms with Crippen LogP contribution >= 0.6 is 0 Å². The summed E-state index contributed by atoms with van der Waals surface area (Å²) < 4.78 is 5.21. The van der Waals surface area contributed by atoms with Gasteiger partial charge in [0.1, 0.15) is 5.60 Å². The second-order valence-electron chi connectivity index (χ2n) is 6.74. The second-order valence-corrected chi connectivity index (χ2v) is 6.74. The summed E-state index contributed by atoms with van der Waals surface area (Å²) in [7, 11) is 0. The van der Waals surface area contributed by atoms with Gasteiger partial charge in [0, 0.05) is 18.3 Å². The molecule has 1 atom stereocenters. The van der Waals surface area contributed by atoms with Crippen molar-refractivity contribution < 1.29 is 9.53 Å². The molecule has 0 saturated heterocycles. The van der Waals surface area contributed by atoms with Gasteiger partial charge in [-0.2, -0.15) is 0 Å². The van der Waals surface area contributed by atoms with Crippen molar-refractivity contribution in [1.82, 2.24) is 5.32 Å². The first-order valence-electron chi connectivity index (χ1n) is 7.49. The van der Waals surface area contributed by atoms with Gasteiger partial charge in [0.2, 0.25) is 0 Å².